The van der Waals surface area contributed by atoms with E-state index in [4.69, 9.17) is 14.2 Å². The lowest BCUT2D eigenvalue weighted by atomic mass is 9.78. The monoisotopic (exact) mass is 428 g/mol. The predicted molar refractivity (Wildman–Crippen MR) is 108 cm³/mol. The molecular formula is C24H19F3O4. The lowest BCUT2D eigenvalue weighted by molar-refractivity contribution is -0.137. The highest BCUT2D eigenvalue weighted by Crippen LogP contribution is 2.48. The van der Waals surface area contributed by atoms with E-state index in [2.05, 4.69) is 0 Å². The number of halogens is 3. The van der Waals surface area contributed by atoms with Crippen LogP contribution in [-0.2, 0) is 11.8 Å². The van der Waals surface area contributed by atoms with Crippen molar-refractivity contribution >= 4 is 5.78 Å². The van der Waals surface area contributed by atoms with Crippen molar-refractivity contribution in [2.75, 3.05) is 14.2 Å². The first-order valence-corrected chi connectivity index (χ1v) is 9.50. The lowest BCUT2D eigenvalue weighted by Crippen LogP contribution is -2.41. The maximum atomic E-state index is 13.4. The summed E-state index contributed by atoms with van der Waals surface area (Å²) in [4.78, 5) is 13.3. The van der Waals surface area contributed by atoms with Gasteiger partial charge in [0.25, 0.3) is 0 Å². The van der Waals surface area contributed by atoms with Gasteiger partial charge in [-0.25, -0.2) is 0 Å². The van der Waals surface area contributed by atoms with Crippen LogP contribution in [0, 0.1) is 0 Å². The number of carbonyl (C=O) groups is 1. The van der Waals surface area contributed by atoms with Gasteiger partial charge in [-0.3, -0.25) is 4.79 Å². The van der Waals surface area contributed by atoms with Crippen LogP contribution in [-0.4, -0.2) is 20.0 Å². The molecule has 160 valence electrons. The molecule has 1 heterocycles. The van der Waals surface area contributed by atoms with Crippen LogP contribution < -0.4 is 14.2 Å². The van der Waals surface area contributed by atoms with Crippen LogP contribution in [0.5, 0.6) is 17.2 Å². The molecular weight excluding hydrogens is 409 g/mol. The Morgan fingerprint density at radius 1 is 0.903 bits per heavy atom. The second kappa shape index (κ2) is 7.65. The predicted octanol–water partition coefficient (Wildman–Crippen LogP) is 5.63. The number of alkyl halides is 3. The molecule has 1 aliphatic heterocycles. The quantitative estimate of drug-likeness (QED) is 0.540. The summed E-state index contributed by atoms with van der Waals surface area (Å²) in [6.45, 7) is 0. The van der Waals surface area contributed by atoms with Gasteiger partial charge in [-0.15, -0.1) is 0 Å². The Bertz CT molecular complexity index is 1130. The van der Waals surface area contributed by atoms with Crippen molar-refractivity contribution in [2.24, 2.45) is 0 Å². The van der Waals surface area contributed by atoms with Gasteiger partial charge in [0.2, 0.25) is 0 Å². The van der Waals surface area contributed by atoms with Crippen molar-refractivity contribution in [3.8, 4) is 17.2 Å². The molecule has 0 radical (unpaired) electrons. The number of rotatable bonds is 4. The van der Waals surface area contributed by atoms with Crippen LogP contribution in [0.4, 0.5) is 13.2 Å². The summed E-state index contributed by atoms with van der Waals surface area (Å²) in [5, 5.41) is 0. The van der Waals surface area contributed by atoms with E-state index in [9.17, 15) is 18.0 Å². The topological polar surface area (TPSA) is 44.8 Å². The molecule has 1 atom stereocenters. The standard InChI is InChI=1S/C24H19F3O4/c1-29-18-12-20(30-2)22-19(28)14-23(31-21(22)13-18,15-7-4-3-5-8-15)16-9-6-10-17(11-16)24(25,26)27/h3-13H,14H2,1-2H3. The van der Waals surface area contributed by atoms with Crippen LogP contribution in [0.1, 0.15) is 33.5 Å². The molecule has 1 aliphatic rings. The minimum Gasteiger partial charge on any atom is -0.496 e. The fourth-order valence-electron chi connectivity index (χ4n) is 3.88. The molecule has 0 bridgehead atoms. The number of fused-ring (bicyclic) bond motifs is 1. The molecule has 0 fully saturated rings. The van der Waals surface area contributed by atoms with Gasteiger partial charge in [-0.05, 0) is 12.1 Å². The maximum absolute atomic E-state index is 13.4. The van der Waals surface area contributed by atoms with Crippen LogP contribution >= 0.6 is 0 Å². The summed E-state index contributed by atoms with van der Waals surface area (Å²) in [6.07, 6.45) is -4.72. The normalized spacial score (nSPS) is 18.2. The van der Waals surface area contributed by atoms with Gasteiger partial charge >= 0.3 is 6.18 Å². The van der Waals surface area contributed by atoms with Gasteiger partial charge in [0, 0.05) is 23.3 Å². The molecule has 1 unspecified atom stereocenters. The van der Waals surface area contributed by atoms with Gasteiger partial charge in [-0.1, -0.05) is 42.5 Å². The molecule has 3 aromatic rings. The van der Waals surface area contributed by atoms with Gasteiger partial charge < -0.3 is 14.2 Å². The summed E-state index contributed by atoms with van der Waals surface area (Å²) >= 11 is 0. The Hall–Kier alpha value is -3.48. The fraction of sp³-hybridized carbons (Fsp3) is 0.208. The fourth-order valence-corrected chi connectivity index (χ4v) is 3.88. The molecule has 7 heteroatoms. The summed E-state index contributed by atoms with van der Waals surface area (Å²) in [6, 6.07) is 16.7. The molecule has 0 saturated heterocycles. The first-order valence-electron chi connectivity index (χ1n) is 9.50. The number of ether oxygens (including phenoxy) is 3. The van der Waals surface area contributed by atoms with E-state index in [1.165, 1.54) is 26.4 Å². The summed E-state index contributed by atoms with van der Waals surface area (Å²) < 4.78 is 57.3. The zero-order chi connectivity index (χ0) is 22.2. The first kappa shape index (κ1) is 20.8. The Kier molecular flexibility index (Phi) is 5.13. The lowest BCUT2D eigenvalue weighted by Gasteiger charge is -2.39. The molecule has 0 N–H and O–H groups in total. The highest BCUT2D eigenvalue weighted by atomic mass is 19.4. The average Bonchev–Trinajstić information content (AvgIpc) is 2.78. The van der Waals surface area contributed by atoms with Crippen molar-refractivity contribution < 1.29 is 32.2 Å². The van der Waals surface area contributed by atoms with Crippen molar-refractivity contribution in [2.45, 2.75) is 18.2 Å². The van der Waals surface area contributed by atoms with E-state index in [1.807, 2.05) is 0 Å². The van der Waals surface area contributed by atoms with Gasteiger partial charge in [-0.2, -0.15) is 13.2 Å². The number of hydrogen-bond acceptors (Lipinski definition) is 4. The third-order valence-corrected chi connectivity index (χ3v) is 5.36. The van der Waals surface area contributed by atoms with Crippen molar-refractivity contribution in [1.29, 1.82) is 0 Å². The van der Waals surface area contributed by atoms with E-state index < -0.39 is 17.3 Å². The molecule has 0 aliphatic carbocycles. The third kappa shape index (κ3) is 3.60. The van der Waals surface area contributed by atoms with E-state index in [0.29, 0.717) is 11.3 Å². The largest absolute Gasteiger partial charge is 0.496 e. The number of benzene rings is 3. The molecule has 0 aromatic heterocycles. The van der Waals surface area contributed by atoms with E-state index in [0.717, 1.165) is 12.1 Å². The molecule has 0 spiro atoms. The number of ketones is 1. The minimum absolute atomic E-state index is 0.186. The van der Waals surface area contributed by atoms with E-state index >= 15 is 0 Å². The molecule has 3 aromatic carbocycles. The second-order valence-electron chi connectivity index (χ2n) is 7.18. The zero-order valence-corrected chi connectivity index (χ0v) is 16.8. The summed E-state index contributed by atoms with van der Waals surface area (Å²) in [5.74, 6) is 0.567. The maximum Gasteiger partial charge on any atom is 0.416 e. The van der Waals surface area contributed by atoms with Crippen LogP contribution in [0.3, 0.4) is 0 Å². The Labute approximate surface area is 177 Å². The van der Waals surface area contributed by atoms with Crippen molar-refractivity contribution in [3.63, 3.8) is 0 Å². The highest BCUT2D eigenvalue weighted by molar-refractivity contribution is 6.03. The zero-order valence-electron chi connectivity index (χ0n) is 16.8. The third-order valence-electron chi connectivity index (χ3n) is 5.36. The Morgan fingerprint density at radius 3 is 2.26 bits per heavy atom. The van der Waals surface area contributed by atoms with Crippen molar-refractivity contribution in [1.82, 2.24) is 0 Å². The number of Topliss-reactive ketones (excluding diaryl/α,β-unsaturated/α-hetero) is 1. The number of carbonyl (C=O) groups excluding carboxylic acids is 1. The van der Waals surface area contributed by atoms with Crippen LogP contribution in [0.15, 0.2) is 66.7 Å². The SMILES string of the molecule is COc1cc(OC)c2c(c1)OC(c1ccccc1)(c1cccc(C(F)(F)F)c1)CC2=O. The Balaban J connectivity index is 1.96. The van der Waals surface area contributed by atoms with Crippen LogP contribution in [0.2, 0.25) is 0 Å². The van der Waals surface area contributed by atoms with Gasteiger partial charge in [0.05, 0.1) is 26.2 Å². The minimum atomic E-state index is -4.53. The Morgan fingerprint density at radius 2 is 1.61 bits per heavy atom. The second-order valence-corrected chi connectivity index (χ2v) is 7.18. The van der Waals surface area contributed by atoms with Crippen LogP contribution in [0.25, 0.3) is 0 Å². The molecule has 31 heavy (non-hydrogen) atoms. The van der Waals surface area contributed by atoms with Crippen molar-refractivity contribution in [3.05, 3.63) is 89.0 Å². The molecule has 0 saturated carbocycles. The highest BCUT2D eigenvalue weighted by Gasteiger charge is 2.46. The molecule has 4 rings (SSSR count). The number of methoxy groups -OCH3 is 2. The van der Waals surface area contributed by atoms with E-state index in [-0.39, 0.29) is 34.8 Å². The average molecular weight is 428 g/mol. The van der Waals surface area contributed by atoms with Gasteiger partial charge in [0.15, 0.2) is 11.4 Å². The van der Waals surface area contributed by atoms with E-state index in [1.54, 1.807) is 42.5 Å². The smallest absolute Gasteiger partial charge is 0.416 e. The summed E-state index contributed by atoms with van der Waals surface area (Å²) in [5.41, 5.74) is -1.22. The molecule has 0 amide bonds. The summed E-state index contributed by atoms with van der Waals surface area (Å²) in [7, 11) is 2.89. The molecule has 4 nitrogen and oxygen atoms in total. The first-order chi connectivity index (χ1) is 14.8. The van der Waals surface area contributed by atoms with Gasteiger partial charge in [0.1, 0.15) is 22.8 Å². The number of hydrogen-bond donors (Lipinski definition) is 0.